The standard InChI is InChI=1S/C14H13N5S/c1-15-13-16-9-19(14(20)18-13)8-11-7-6-10-4-2-3-5-12(10)17-11/h2-7,9H,8H2,1H3,(H,15,18,20). The molecule has 0 aliphatic rings. The van der Waals surface area contributed by atoms with Crippen LogP contribution in [0.5, 0.6) is 0 Å². The molecule has 0 radical (unpaired) electrons. The maximum atomic E-state index is 5.24. The summed E-state index contributed by atoms with van der Waals surface area (Å²) >= 11 is 5.24. The Balaban J connectivity index is 1.94. The molecule has 0 fully saturated rings. The van der Waals surface area contributed by atoms with Gasteiger partial charge in [-0.3, -0.25) is 4.98 Å². The lowest BCUT2D eigenvalue weighted by Gasteiger charge is -2.07. The molecule has 1 aromatic carbocycles. The van der Waals surface area contributed by atoms with Gasteiger partial charge < -0.3 is 9.88 Å². The highest BCUT2D eigenvalue weighted by molar-refractivity contribution is 7.71. The summed E-state index contributed by atoms with van der Waals surface area (Å²) in [5.41, 5.74) is 1.91. The van der Waals surface area contributed by atoms with Crippen LogP contribution < -0.4 is 5.32 Å². The van der Waals surface area contributed by atoms with Gasteiger partial charge in [-0.15, -0.1) is 0 Å². The van der Waals surface area contributed by atoms with Gasteiger partial charge in [-0.05, 0) is 24.4 Å². The average molecular weight is 283 g/mol. The number of pyridine rings is 1. The van der Waals surface area contributed by atoms with Crippen molar-refractivity contribution >= 4 is 29.1 Å². The summed E-state index contributed by atoms with van der Waals surface area (Å²) < 4.78 is 2.28. The predicted octanol–water partition coefficient (Wildman–Crippen LogP) is 2.65. The predicted molar refractivity (Wildman–Crippen MR) is 81.2 cm³/mol. The van der Waals surface area contributed by atoms with Crippen LogP contribution in [0.15, 0.2) is 42.7 Å². The van der Waals surface area contributed by atoms with Crippen LogP contribution in [0, 0.1) is 4.77 Å². The Kier molecular flexibility index (Phi) is 3.39. The van der Waals surface area contributed by atoms with E-state index in [-0.39, 0.29) is 0 Å². The number of hydrogen-bond acceptors (Lipinski definition) is 5. The van der Waals surface area contributed by atoms with Crippen molar-refractivity contribution in [1.82, 2.24) is 19.5 Å². The molecule has 0 atom stereocenters. The normalized spacial score (nSPS) is 10.7. The Morgan fingerprint density at radius 3 is 2.80 bits per heavy atom. The second kappa shape index (κ2) is 5.34. The third-order valence-electron chi connectivity index (χ3n) is 2.98. The van der Waals surface area contributed by atoms with Crippen LogP contribution >= 0.6 is 12.2 Å². The van der Waals surface area contributed by atoms with Gasteiger partial charge in [-0.25, -0.2) is 4.98 Å². The summed E-state index contributed by atoms with van der Waals surface area (Å²) in [4.78, 5) is 13.0. The van der Waals surface area contributed by atoms with Crippen molar-refractivity contribution < 1.29 is 0 Å². The van der Waals surface area contributed by atoms with Crippen molar-refractivity contribution in [1.29, 1.82) is 0 Å². The first-order chi connectivity index (χ1) is 9.76. The number of rotatable bonds is 3. The Hall–Kier alpha value is -2.34. The van der Waals surface area contributed by atoms with E-state index in [2.05, 4.69) is 26.3 Å². The van der Waals surface area contributed by atoms with Crippen molar-refractivity contribution in [3.63, 3.8) is 0 Å². The maximum Gasteiger partial charge on any atom is 0.226 e. The summed E-state index contributed by atoms with van der Waals surface area (Å²) in [6.07, 6.45) is 1.68. The summed E-state index contributed by atoms with van der Waals surface area (Å²) in [6, 6.07) is 12.1. The van der Waals surface area contributed by atoms with E-state index in [0.29, 0.717) is 17.3 Å². The number of para-hydroxylation sites is 1. The molecule has 0 amide bonds. The SMILES string of the molecule is CNc1ncn(Cc2ccc3ccccc3n2)c(=S)n1. The van der Waals surface area contributed by atoms with Gasteiger partial charge in [0.2, 0.25) is 10.7 Å². The van der Waals surface area contributed by atoms with E-state index in [1.807, 2.05) is 30.3 Å². The average Bonchev–Trinajstić information content (AvgIpc) is 2.49. The van der Waals surface area contributed by atoms with E-state index in [1.54, 1.807) is 17.9 Å². The number of nitrogens with one attached hydrogen (secondary N) is 1. The second-order valence-electron chi connectivity index (χ2n) is 4.34. The molecule has 100 valence electrons. The van der Waals surface area contributed by atoms with Gasteiger partial charge in [0.05, 0.1) is 17.8 Å². The number of anilines is 1. The fourth-order valence-corrected chi connectivity index (χ4v) is 2.16. The van der Waals surface area contributed by atoms with Crippen molar-refractivity contribution in [3.8, 4) is 0 Å². The van der Waals surface area contributed by atoms with Gasteiger partial charge in [0.15, 0.2) is 0 Å². The van der Waals surface area contributed by atoms with Crippen LogP contribution in [0.2, 0.25) is 0 Å². The second-order valence-corrected chi connectivity index (χ2v) is 4.70. The van der Waals surface area contributed by atoms with Crippen LogP contribution in [-0.2, 0) is 6.54 Å². The molecule has 0 spiro atoms. The molecule has 5 nitrogen and oxygen atoms in total. The Morgan fingerprint density at radius 2 is 2.00 bits per heavy atom. The van der Waals surface area contributed by atoms with Crippen molar-refractivity contribution in [3.05, 3.63) is 53.2 Å². The lowest BCUT2D eigenvalue weighted by molar-refractivity contribution is 0.712. The molecule has 0 aliphatic heterocycles. The molecule has 0 unspecified atom stereocenters. The monoisotopic (exact) mass is 283 g/mol. The molecule has 6 heteroatoms. The van der Waals surface area contributed by atoms with Crippen LogP contribution in [0.25, 0.3) is 10.9 Å². The number of fused-ring (bicyclic) bond motifs is 1. The molecule has 0 saturated carbocycles. The molecular weight excluding hydrogens is 270 g/mol. The van der Waals surface area contributed by atoms with Gasteiger partial charge in [-0.2, -0.15) is 4.98 Å². The molecular formula is C14H13N5S. The topological polar surface area (TPSA) is 55.6 Å². The first-order valence-electron chi connectivity index (χ1n) is 6.22. The van der Waals surface area contributed by atoms with E-state index < -0.39 is 0 Å². The molecule has 0 aliphatic carbocycles. The van der Waals surface area contributed by atoms with Crippen LogP contribution in [0.4, 0.5) is 5.95 Å². The Labute approximate surface area is 121 Å². The molecule has 3 aromatic rings. The molecule has 2 heterocycles. The van der Waals surface area contributed by atoms with Gasteiger partial charge in [0, 0.05) is 12.4 Å². The fraction of sp³-hybridized carbons (Fsp3) is 0.143. The quantitative estimate of drug-likeness (QED) is 0.749. The third kappa shape index (κ3) is 2.50. The zero-order valence-corrected chi connectivity index (χ0v) is 11.8. The molecule has 0 saturated heterocycles. The van der Waals surface area contributed by atoms with E-state index >= 15 is 0 Å². The van der Waals surface area contributed by atoms with E-state index in [9.17, 15) is 0 Å². The minimum atomic E-state index is 0.485. The lowest BCUT2D eigenvalue weighted by Crippen LogP contribution is -2.08. The van der Waals surface area contributed by atoms with Gasteiger partial charge >= 0.3 is 0 Å². The summed E-state index contributed by atoms with van der Waals surface area (Å²) in [5, 5.41) is 3.99. The highest BCUT2D eigenvalue weighted by atomic mass is 32.1. The van der Waals surface area contributed by atoms with Gasteiger partial charge in [-0.1, -0.05) is 24.3 Å². The van der Waals surface area contributed by atoms with E-state index in [4.69, 9.17) is 12.2 Å². The smallest absolute Gasteiger partial charge is 0.226 e. The van der Waals surface area contributed by atoms with Crippen LogP contribution in [0.1, 0.15) is 5.69 Å². The number of benzene rings is 1. The number of nitrogens with zero attached hydrogens (tertiary/aromatic N) is 4. The minimum absolute atomic E-state index is 0.485. The summed E-state index contributed by atoms with van der Waals surface area (Å²) in [6.45, 7) is 0.563. The maximum absolute atomic E-state index is 5.24. The molecule has 1 N–H and O–H groups in total. The Morgan fingerprint density at radius 1 is 1.15 bits per heavy atom. The minimum Gasteiger partial charge on any atom is -0.357 e. The van der Waals surface area contributed by atoms with Crippen molar-refractivity contribution in [2.75, 3.05) is 12.4 Å². The van der Waals surface area contributed by atoms with Crippen molar-refractivity contribution in [2.45, 2.75) is 6.54 Å². The zero-order valence-electron chi connectivity index (χ0n) is 10.9. The largest absolute Gasteiger partial charge is 0.357 e. The van der Waals surface area contributed by atoms with E-state index in [0.717, 1.165) is 16.6 Å². The molecule has 3 rings (SSSR count). The van der Waals surface area contributed by atoms with Gasteiger partial charge in [0.1, 0.15) is 6.33 Å². The van der Waals surface area contributed by atoms with Crippen LogP contribution in [-0.4, -0.2) is 26.6 Å². The van der Waals surface area contributed by atoms with E-state index in [1.165, 1.54) is 0 Å². The first kappa shape index (κ1) is 12.7. The van der Waals surface area contributed by atoms with Crippen molar-refractivity contribution in [2.24, 2.45) is 0 Å². The van der Waals surface area contributed by atoms with Crippen LogP contribution in [0.3, 0.4) is 0 Å². The first-order valence-corrected chi connectivity index (χ1v) is 6.63. The number of hydrogen-bond donors (Lipinski definition) is 1. The highest BCUT2D eigenvalue weighted by Gasteiger charge is 2.02. The van der Waals surface area contributed by atoms with Gasteiger partial charge in [0.25, 0.3) is 0 Å². The summed E-state index contributed by atoms with van der Waals surface area (Å²) in [5.74, 6) is 0.526. The zero-order chi connectivity index (χ0) is 13.9. The fourth-order valence-electron chi connectivity index (χ4n) is 1.96. The molecule has 2 aromatic heterocycles. The molecule has 20 heavy (non-hydrogen) atoms. The Bertz CT molecular complexity index is 812. The highest BCUT2D eigenvalue weighted by Crippen LogP contribution is 2.12. The molecule has 0 bridgehead atoms. The number of aromatic nitrogens is 4. The summed E-state index contributed by atoms with van der Waals surface area (Å²) in [7, 11) is 1.76. The lowest BCUT2D eigenvalue weighted by atomic mass is 10.2. The third-order valence-corrected chi connectivity index (χ3v) is 3.30.